The third-order valence-corrected chi connectivity index (χ3v) is 2.84. The Balaban J connectivity index is 2.05. The first-order valence-electron chi connectivity index (χ1n) is 6.45. The van der Waals surface area contributed by atoms with E-state index in [0.29, 0.717) is 5.75 Å². The number of rotatable bonds is 5. The first-order chi connectivity index (χ1) is 10.6. The summed E-state index contributed by atoms with van der Waals surface area (Å²) in [6.45, 7) is 3.33. The molecule has 0 aromatic heterocycles. The summed E-state index contributed by atoms with van der Waals surface area (Å²) in [5.74, 6) is -0.0634. The average molecular weight is 295 g/mol. The molecule has 2 aromatic rings. The number of non-ortho nitro benzene ring substituents is 1. The normalized spacial score (nSPS) is 10.4. The van der Waals surface area contributed by atoms with Gasteiger partial charge in [-0.25, -0.2) is 4.79 Å². The monoisotopic (exact) mass is 295 g/mol. The minimum Gasteiger partial charge on any atom is -0.423 e. The molecule has 0 heterocycles. The van der Waals surface area contributed by atoms with Gasteiger partial charge in [-0.1, -0.05) is 30.9 Å². The number of hydrogen-bond donors (Lipinski definition) is 0. The number of benzene rings is 2. The second-order valence-electron chi connectivity index (χ2n) is 4.38. The molecule has 2 rings (SSSR count). The van der Waals surface area contributed by atoms with Crippen molar-refractivity contribution < 1.29 is 14.5 Å². The molecule has 0 aliphatic carbocycles. The lowest BCUT2D eigenvalue weighted by atomic mass is 10.1. The summed E-state index contributed by atoms with van der Waals surface area (Å²) in [6.07, 6.45) is 4.80. The van der Waals surface area contributed by atoms with Gasteiger partial charge in [0.25, 0.3) is 5.69 Å². The molecule has 5 heteroatoms. The predicted molar refractivity (Wildman–Crippen MR) is 84.3 cm³/mol. The minimum absolute atomic E-state index is 0.0607. The molecule has 0 atom stereocenters. The van der Waals surface area contributed by atoms with Crippen LogP contribution >= 0.6 is 0 Å². The quantitative estimate of drug-likeness (QED) is 0.210. The van der Waals surface area contributed by atoms with Crippen LogP contribution in [0, 0.1) is 10.1 Å². The van der Waals surface area contributed by atoms with E-state index in [4.69, 9.17) is 4.74 Å². The van der Waals surface area contributed by atoms with E-state index >= 15 is 0 Å². The summed E-state index contributed by atoms with van der Waals surface area (Å²) in [7, 11) is 0. The van der Waals surface area contributed by atoms with E-state index in [1.807, 2.05) is 12.2 Å². The summed E-state index contributed by atoms with van der Waals surface area (Å²) >= 11 is 0. The van der Waals surface area contributed by atoms with Crippen LogP contribution in [0.25, 0.3) is 12.2 Å². The maximum absolute atomic E-state index is 11.1. The van der Waals surface area contributed by atoms with Crippen molar-refractivity contribution in [1.82, 2.24) is 0 Å². The largest absolute Gasteiger partial charge is 0.423 e. The fraction of sp³-hybridized carbons (Fsp3) is 0. The lowest BCUT2D eigenvalue weighted by molar-refractivity contribution is -0.384. The molecule has 0 aliphatic heterocycles. The molecule has 0 radical (unpaired) electrons. The van der Waals surface area contributed by atoms with Crippen molar-refractivity contribution in [3.63, 3.8) is 0 Å². The van der Waals surface area contributed by atoms with E-state index < -0.39 is 10.9 Å². The SMILES string of the molecule is C=CC(=O)Oc1ccc(/C=C/c2ccc([N+](=O)[O-])cc2)cc1. The maximum atomic E-state index is 11.1. The van der Waals surface area contributed by atoms with Gasteiger partial charge in [-0.3, -0.25) is 10.1 Å². The fourth-order valence-corrected chi connectivity index (χ4v) is 1.70. The number of ether oxygens (including phenoxy) is 1. The Morgan fingerprint density at radius 2 is 1.50 bits per heavy atom. The topological polar surface area (TPSA) is 69.4 Å². The fourth-order valence-electron chi connectivity index (χ4n) is 1.70. The Labute approximate surface area is 127 Å². The van der Waals surface area contributed by atoms with Crippen molar-refractivity contribution in [1.29, 1.82) is 0 Å². The Morgan fingerprint density at radius 3 is 1.95 bits per heavy atom. The van der Waals surface area contributed by atoms with Gasteiger partial charge < -0.3 is 4.74 Å². The zero-order valence-corrected chi connectivity index (χ0v) is 11.6. The van der Waals surface area contributed by atoms with E-state index in [1.54, 1.807) is 36.4 Å². The standard InChI is InChI=1S/C17H13NO4/c1-2-17(19)22-16-11-7-14(8-12-16)4-3-13-5-9-15(10-6-13)18(20)21/h2-12H,1H2/b4-3+. The van der Waals surface area contributed by atoms with Crippen LogP contribution in [0.5, 0.6) is 5.75 Å². The van der Waals surface area contributed by atoms with Gasteiger partial charge >= 0.3 is 5.97 Å². The van der Waals surface area contributed by atoms with Gasteiger partial charge in [0.05, 0.1) is 4.92 Å². The van der Waals surface area contributed by atoms with Gasteiger partial charge in [0, 0.05) is 18.2 Å². The smallest absolute Gasteiger partial charge is 0.335 e. The van der Waals surface area contributed by atoms with Crippen LogP contribution in [0.1, 0.15) is 11.1 Å². The highest BCUT2D eigenvalue weighted by Gasteiger charge is 2.02. The molecule has 5 nitrogen and oxygen atoms in total. The van der Waals surface area contributed by atoms with Crippen molar-refractivity contribution >= 4 is 23.8 Å². The van der Waals surface area contributed by atoms with E-state index in [2.05, 4.69) is 6.58 Å². The number of nitro groups is 1. The first kappa shape index (κ1) is 15.2. The molecule has 0 saturated heterocycles. The Kier molecular flexibility index (Phi) is 4.82. The Morgan fingerprint density at radius 1 is 1.00 bits per heavy atom. The van der Waals surface area contributed by atoms with Gasteiger partial charge in [-0.15, -0.1) is 0 Å². The van der Waals surface area contributed by atoms with Gasteiger partial charge in [0.15, 0.2) is 0 Å². The number of esters is 1. The van der Waals surface area contributed by atoms with Crippen molar-refractivity contribution in [3.05, 3.63) is 82.4 Å². The molecule has 2 aromatic carbocycles. The van der Waals surface area contributed by atoms with Crippen LogP contribution in [0.4, 0.5) is 5.69 Å². The van der Waals surface area contributed by atoms with Gasteiger partial charge in [0.2, 0.25) is 0 Å². The summed E-state index contributed by atoms with van der Waals surface area (Å²) in [5.41, 5.74) is 1.83. The number of hydrogen-bond acceptors (Lipinski definition) is 4. The van der Waals surface area contributed by atoms with Crippen molar-refractivity contribution in [2.24, 2.45) is 0 Å². The predicted octanol–water partition coefficient (Wildman–Crippen LogP) is 3.86. The van der Waals surface area contributed by atoms with Crippen LogP contribution in [0.2, 0.25) is 0 Å². The lowest BCUT2D eigenvalue weighted by Crippen LogP contribution is -2.02. The lowest BCUT2D eigenvalue weighted by Gasteiger charge is -2.01. The molecule has 22 heavy (non-hydrogen) atoms. The van der Waals surface area contributed by atoms with E-state index in [9.17, 15) is 14.9 Å². The van der Waals surface area contributed by atoms with E-state index in [0.717, 1.165) is 17.2 Å². The Bertz CT molecular complexity index is 715. The van der Waals surface area contributed by atoms with E-state index in [-0.39, 0.29) is 5.69 Å². The summed E-state index contributed by atoms with van der Waals surface area (Å²) in [5, 5.41) is 10.6. The molecular formula is C17H13NO4. The highest BCUT2D eigenvalue weighted by atomic mass is 16.6. The number of nitro benzene ring substituents is 1. The molecule has 0 spiro atoms. The van der Waals surface area contributed by atoms with Gasteiger partial charge in [-0.05, 0) is 35.4 Å². The third-order valence-electron chi connectivity index (χ3n) is 2.84. The minimum atomic E-state index is -0.505. The second kappa shape index (κ2) is 6.99. The Hall–Kier alpha value is -3.21. The molecule has 0 bridgehead atoms. The zero-order valence-electron chi connectivity index (χ0n) is 11.6. The molecule has 0 amide bonds. The summed E-state index contributed by atoms with van der Waals surface area (Å²) in [4.78, 5) is 21.2. The van der Waals surface area contributed by atoms with E-state index in [1.165, 1.54) is 12.1 Å². The summed E-state index contributed by atoms with van der Waals surface area (Å²) < 4.78 is 4.97. The number of carbonyl (C=O) groups excluding carboxylic acids is 1. The average Bonchev–Trinajstić information content (AvgIpc) is 2.54. The third kappa shape index (κ3) is 4.14. The van der Waals surface area contributed by atoms with Crippen LogP contribution in [0.15, 0.2) is 61.2 Å². The van der Waals surface area contributed by atoms with Crippen molar-refractivity contribution in [2.45, 2.75) is 0 Å². The van der Waals surface area contributed by atoms with Crippen LogP contribution in [0.3, 0.4) is 0 Å². The second-order valence-corrected chi connectivity index (χ2v) is 4.38. The highest BCUT2D eigenvalue weighted by Crippen LogP contribution is 2.16. The number of nitrogens with zero attached hydrogens (tertiary/aromatic N) is 1. The molecule has 0 fully saturated rings. The van der Waals surface area contributed by atoms with Gasteiger partial charge in [-0.2, -0.15) is 0 Å². The van der Waals surface area contributed by atoms with Crippen molar-refractivity contribution in [2.75, 3.05) is 0 Å². The molecule has 110 valence electrons. The van der Waals surface area contributed by atoms with Gasteiger partial charge in [0.1, 0.15) is 5.75 Å². The highest BCUT2D eigenvalue weighted by molar-refractivity contribution is 5.83. The molecule has 0 saturated carbocycles. The zero-order chi connectivity index (χ0) is 15.9. The summed E-state index contributed by atoms with van der Waals surface area (Å²) in [6, 6.07) is 13.2. The maximum Gasteiger partial charge on any atom is 0.335 e. The number of carbonyl (C=O) groups is 1. The first-order valence-corrected chi connectivity index (χ1v) is 6.45. The molecule has 0 N–H and O–H groups in total. The van der Waals surface area contributed by atoms with Crippen LogP contribution < -0.4 is 4.74 Å². The molecular weight excluding hydrogens is 282 g/mol. The van der Waals surface area contributed by atoms with Crippen LogP contribution in [-0.2, 0) is 4.79 Å². The van der Waals surface area contributed by atoms with Crippen molar-refractivity contribution in [3.8, 4) is 5.75 Å². The molecule has 0 unspecified atom stereocenters. The molecule has 0 aliphatic rings. The van der Waals surface area contributed by atoms with Crippen LogP contribution in [-0.4, -0.2) is 10.9 Å².